The first-order valence-electron chi connectivity index (χ1n) is 18.7. The maximum absolute atomic E-state index is 2.62. The van der Waals surface area contributed by atoms with Gasteiger partial charge in [0.2, 0.25) is 0 Å². The van der Waals surface area contributed by atoms with Crippen molar-refractivity contribution in [2.75, 3.05) is 0 Å². The van der Waals surface area contributed by atoms with Crippen LogP contribution in [0.3, 0.4) is 0 Å². The number of fused-ring (bicyclic) bond motifs is 6. The van der Waals surface area contributed by atoms with Gasteiger partial charge in [-0.15, -0.1) is 0 Å². The molecule has 0 radical (unpaired) electrons. The molecule has 0 N–H and O–H groups in total. The molecule has 0 aromatic heterocycles. The van der Waals surface area contributed by atoms with Gasteiger partial charge >= 0.3 is 0 Å². The molecule has 0 heteroatoms. The first-order chi connectivity index (χ1) is 22.2. The first kappa shape index (κ1) is 32.8. The van der Waals surface area contributed by atoms with Gasteiger partial charge in [0.05, 0.1) is 0 Å². The van der Waals surface area contributed by atoms with E-state index in [0.717, 1.165) is 0 Å². The highest BCUT2D eigenvalue weighted by atomic mass is 14.5. The lowest BCUT2D eigenvalue weighted by Crippen LogP contribution is -2.30. The van der Waals surface area contributed by atoms with Crippen molar-refractivity contribution in [3.8, 4) is 33.4 Å². The third-order valence-corrected chi connectivity index (χ3v) is 12.4. The fourth-order valence-electron chi connectivity index (χ4n) is 9.27. The Bertz CT molecular complexity index is 1520. The molecule has 4 atom stereocenters. The summed E-state index contributed by atoms with van der Waals surface area (Å²) in [5.74, 6) is 2.69. The average Bonchev–Trinajstić information content (AvgIpc) is 3.50. The summed E-state index contributed by atoms with van der Waals surface area (Å²) in [6, 6.07) is 33.7. The van der Waals surface area contributed by atoms with Crippen molar-refractivity contribution in [3.05, 3.63) is 107 Å². The van der Waals surface area contributed by atoms with E-state index in [0.29, 0.717) is 23.7 Å². The largest absolute Gasteiger partial charge is 0.0651 e. The minimum absolute atomic E-state index is 0.0661. The molecule has 0 amide bonds. The van der Waals surface area contributed by atoms with Crippen LogP contribution in [0.25, 0.3) is 33.4 Å². The highest BCUT2D eigenvalue weighted by molar-refractivity contribution is 5.87. The predicted molar refractivity (Wildman–Crippen MR) is 201 cm³/mol. The van der Waals surface area contributed by atoms with Crippen LogP contribution in [0.15, 0.2) is 84.9 Å². The van der Waals surface area contributed by atoms with Crippen molar-refractivity contribution in [3.63, 3.8) is 0 Å². The van der Waals surface area contributed by atoms with Gasteiger partial charge in [0.25, 0.3) is 0 Å². The molecule has 46 heavy (non-hydrogen) atoms. The molecule has 0 heterocycles. The van der Waals surface area contributed by atoms with Crippen molar-refractivity contribution in [1.82, 2.24) is 0 Å². The second-order valence-corrected chi connectivity index (χ2v) is 15.6. The molecule has 2 aliphatic rings. The minimum atomic E-state index is 0.0661. The van der Waals surface area contributed by atoms with Crippen LogP contribution >= 0.6 is 0 Å². The van der Waals surface area contributed by atoms with Gasteiger partial charge in [-0.3, -0.25) is 0 Å². The average molecular weight is 611 g/mol. The maximum atomic E-state index is 2.62. The highest BCUT2D eigenvalue weighted by Gasteiger charge is 2.46. The Hall–Kier alpha value is -3.12. The molecular weight excluding hydrogens is 553 g/mol. The van der Waals surface area contributed by atoms with E-state index in [2.05, 4.69) is 140 Å². The van der Waals surface area contributed by atoms with Gasteiger partial charge in [-0.1, -0.05) is 154 Å². The summed E-state index contributed by atoms with van der Waals surface area (Å²) in [6.07, 6.45) is 9.75. The minimum Gasteiger partial charge on any atom is -0.0651 e. The van der Waals surface area contributed by atoms with E-state index >= 15 is 0 Å². The zero-order valence-corrected chi connectivity index (χ0v) is 30.0. The third-order valence-electron chi connectivity index (χ3n) is 12.4. The number of rotatable bonds is 13. The zero-order valence-electron chi connectivity index (χ0n) is 30.0. The standard InChI is InChI=1S/C46H58/c1-9-31(5)27-45(28-32(6)10-2)41-19-15-13-17-37(41)39-23-21-35(25-43(39)45)36-22-24-40-38-18-14-16-20-42(38)46(44(40)26-36,29-33(7)11-3)30-34(8)12-4/h13-26,31-34H,9-12,27-30H2,1-8H3/t31-,32-,33-,34-/m0/s1. The first-order valence-corrected chi connectivity index (χ1v) is 18.7. The Morgan fingerprint density at radius 2 is 0.696 bits per heavy atom. The molecule has 242 valence electrons. The van der Waals surface area contributed by atoms with E-state index < -0.39 is 0 Å². The monoisotopic (exact) mass is 610 g/mol. The summed E-state index contributed by atoms with van der Waals surface area (Å²) in [6.45, 7) is 19.3. The lowest BCUT2D eigenvalue weighted by atomic mass is 9.66. The normalized spacial score (nSPS) is 17.8. The molecule has 4 aromatic rings. The lowest BCUT2D eigenvalue weighted by molar-refractivity contribution is 0.308. The summed E-state index contributed by atoms with van der Waals surface area (Å²) in [7, 11) is 0. The van der Waals surface area contributed by atoms with Crippen LogP contribution in [0.5, 0.6) is 0 Å². The summed E-state index contributed by atoms with van der Waals surface area (Å²) >= 11 is 0. The van der Waals surface area contributed by atoms with Crippen molar-refractivity contribution < 1.29 is 0 Å². The van der Waals surface area contributed by atoms with Gasteiger partial charge in [0.15, 0.2) is 0 Å². The molecule has 0 fully saturated rings. The molecule has 0 saturated heterocycles. The van der Waals surface area contributed by atoms with Gasteiger partial charge in [-0.25, -0.2) is 0 Å². The van der Waals surface area contributed by atoms with E-state index in [4.69, 9.17) is 0 Å². The van der Waals surface area contributed by atoms with E-state index in [1.54, 1.807) is 22.3 Å². The SMILES string of the molecule is CC[C@H](C)CC1(C[C@@H](C)CC)c2ccccc2-c2ccc(-c3ccc4c(c3)C(C[C@@H](C)CC)(C[C@@H](C)CC)c3ccccc3-4)cc21. The molecule has 0 nitrogen and oxygen atoms in total. The predicted octanol–water partition coefficient (Wildman–Crippen LogP) is 13.6. The van der Waals surface area contributed by atoms with Crippen molar-refractivity contribution in [2.24, 2.45) is 23.7 Å². The molecule has 0 spiro atoms. The maximum Gasteiger partial charge on any atom is 0.0220 e. The summed E-state index contributed by atoms with van der Waals surface area (Å²) in [5, 5.41) is 0. The second kappa shape index (κ2) is 13.2. The second-order valence-electron chi connectivity index (χ2n) is 15.6. The molecule has 0 unspecified atom stereocenters. The Morgan fingerprint density at radius 3 is 1.02 bits per heavy atom. The van der Waals surface area contributed by atoms with E-state index in [-0.39, 0.29) is 10.8 Å². The molecule has 2 aliphatic carbocycles. The van der Waals surface area contributed by atoms with Crippen molar-refractivity contribution in [1.29, 1.82) is 0 Å². The Morgan fingerprint density at radius 1 is 0.391 bits per heavy atom. The zero-order chi connectivity index (χ0) is 32.6. The van der Waals surface area contributed by atoms with Gasteiger partial charge in [0, 0.05) is 10.8 Å². The Labute approximate surface area is 281 Å². The number of benzene rings is 4. The van der Waals surface area contributed by atoms with Gasteiger partial charge in [-0.05, 0) is 117 Å². The van der Waals surface area contributed by atoms with Crippen molar-refractivity contribution in [2.45, 2.75) is 118 Å². The molecular formula is C46H58. The molecule has 6 rings (SSSR count). The Balaban J connectivity index is 1.54. The van der Waals surface area contributed by atoms with Crippen LogP contribution in [0.4, 0.5) is 0 Å². The fourth-order valence-corrected chi connectivity index (χ4v) is 9.27. The van der Waals surface area contributed by atoms with Crippen LogP contribution < -0.4 is 0 Å². The van der Waals surface area contributed by atoms with Crippen LogP contribution in [0, 0.1) is 23.7 Å². The van der Waals surface area contributed by atoms with Gasteiger partial charge in [0.1, 0.15) is 0 Å². The highest BCUT2D eigenvalue weighted by Crippen LogP contribution is 2.58. The topological polar surface area (TPSA) is 0 Å². The number of hydrogen-bond donors (Lipinski definition) is 0. The Kier molecular flexibility index (Phi) is 9.40. The van der Waals surface area contributed by atoms with Gasteiger partial charge in [-0.2, -0.15) is 0 Å². The fraction of sp³-hybridized carbons (Fsp3) is 0.478. The molecule has 0 aliphatic heterocycles. The molecule has 0 bridgehead atoms. The summed E-state index contributed by atoms with van der Waals surface area (Å²) in [4.78, 5) is 0. The molecule has 0 saturated carbocycles. The van der Waals surface area contributed by atoms with Crippen LogP contribution in [-0.2, 0) is 10.8 Å². The van der Waals surface area contributed by atoms with Crippen molar-refractivity contribution >= 4 is 0 Å². The van der Waals surface area contributed by atoms with E-state index in [1.165, 1.54) is 84.7 Å². The van der Waals surface area contributed by atoms with Crippen LogP contribution in [0.1, 0.15) is 129 Å². The van der Waals surface area contributed by atoms with E-state index in [1.807, 2.05) is 0 Å². The summed E-state index contributed by atoms with van der Waals surface area (Å²) in [5.41, 5.74) is 15.0. The molecule has 4 aromatic carbocycles. The van der Waals surface area contributed by atoms with Gasteiger partial charge < -0.3 is 0 Å². The smallest absolute Gasteiger partial charge is 0.0220 e. The van der Waals surface area contributed by atoms with E-state index in [9.17, 15) is 0 Å². The lowest BCUT2D eigenvalue weighted by Gasteiger charge is -2.37. The van der Waals surface area contributed by atoms with Crippen LogP contribution in [0.2, 0.25) is 0 Å². The quantitative estimate of drug-likeness (QED) is 0.141. The third kappa shape index (κ3) is 5.48. The summed E-state index contributed by atoms with van der Waals surface area (Å²) < 4.78 is 0. The van der Waals surface area contributed by atoms with Crippen LogP contribution in [-0.4, -0.2) is 0 Å². The number of hydrogen-bond acceptors (Lipinski definition) is 0.